The molecule has 0 aliphatic heterocycles. The van der Waals surface area contributed by atoms with Crippen molar-refractivity contribution in [1.82, 2.24) is 10.6 Å². The predicted octanol–water partition coefficient (Wildman–Crippen LogP) is 0.954. The Balaban J connectivity index is 3.07. The highest BCUT2D eigenvalue weighted by molar-refractivity contribution is 7.98. The van der Waals surface area contributed by atoms with Gasteiger partial charge in [0, 0.05) is 26.2 Å². The molecule has 4 heteroatoms. The Morgan fingerprint density at radius 2 is 2.14 bits per heavy atom. The van der Waals surface area contributed by atoms with Crippen LogP contribution in [0.4, 0.5) is 0 Å². The quantitative estimate of drug-likeness (QED) is 0.537. The minimum absolute atomic E-state index is 0.550. The van der Waals surface area contributed by atoms with E-state index in [1.807, 2.05) is 11.8 Å². The van der Waals surface area contributed by atoms with Crippen LogP contribution in [-0.4, -0.2) is 51.4 Å². The average molecular weight is 220 g/mol. The largest absolute Gasteiger partial charge is 0.383 e. The molecule has 0 amide bonds. The smallest absolute Gasteiger partial charge is 0.0587 e. The van der Waals surface area contributed by atoms with Crippen LogP contribution in [0.5, 0.6) is 0 Å². The van der Waals surface area contributed by atoms with Gasteiger partial charge in [0.2, 0.25) is 0 Å². The number of hydrogen-bond acceptors (Lipinski definition) is 4. The molecule has 0 spiro atoms. The van der Waals surface area contributed by atoms with Crippen LogP contribution in [0.25, 0.3) is 0 Å². The highest BCUT2D eigenvalue weighted by Crippen LogP contribution is 1.93. The molecule has 0 bridgehead atoms. The number of nitrogens with one attached hydrogen (secondary N) is 2. The van der Waals surface area contributed by atoms with Crippen molar-refractivity contribution in [2.45, 2.75) is 19.4 Å². The van der Waals surface area contributed by atoms with Crippen molar-refractivity contribution in [3.63, 3.8) is 0 Å². The molecule has 0 aliphatic rings. The molecule has 86 valence electrons. The maximum Gasteiger partial charge on any atom is 0.0587 e. The summed E-state index contributed by atoms with van der Waals surface area (Å²) in [5, 5.41) is 6.81. The lowest BCUT2D eigenvalue weighted by Crippen LogP contribution is -2.38. The highest BCUT2D eigenvalue weighted by atomic mass is 32.2. The fourth-order valence-corrected chi connectivity index (χ4v) is 1.56. The van der Waals surface area contributed by atoms with Crippen LogP contribution in [0, 0.1) is 0 Å². The van der Waals surface area contributed by atoms with Crippen molar-refractivity contribution in [3.8, 4) is 0 Å². The lowest BCUT2D eigenvalue weighted by molar-refractivity contribution is 0.198. The van der Waals surface area contributed by atoms with Crippen molar-refractivity contribution >= 4 is 11.8 Å². The van der Waals surface area contributed by atoms with Crippen LogP contribution in [0.2, 0.25) is 0 Å². The minimum atomic E-state index is 0.550. The van der Waals surface area contributed by atoms with Gasteiger partial charge in [-0.15, -0.1) is 0 Å². The summed E-state index contributed by atoms with van der Waals surface area (Å²) in [6.45, 7) is 6.07. The third-order valence-corrected chi connectivity index (χ3v) is 2.65. The summed E-state index contributed by atoms with van der Waals surface area (Å²) in [5.41, 5.74) is 0. The van der Waals surface area contributed by atoms with Gasteiger partial charge in [0.15, 0.2) is 0 Å². The van der Waals surface area contributed by atoms with E-state index in [9.17, 15) is 0 Å². The van der Waals surface area contributed by atoms with E-state index < -0.39 is 0 Å². The number of ether oxygens (including phenoxy) is 1. The third-order valence-electron chi connectivity index (χ3n) is 1.95. The van der Waals surface area contributed by atoms with E-state index in [1.165, 1.54) is 12.2 Å². The van der Waals surface area contributed by atoms with E-state index in [1.54, 1.807) is 7.11 Å². The maximum absolute atomic E-state index is 4.95. The highest BCUT2D eigenvalue weighted by Gasteiger charge is 1.98. The van der Waals surface area contributed by atoms with Crippen molar-refractivity contribution < 1.29 is 4.74 Å². The number of hydrogen-bond donors (Lipinski definition) is 2. The average Bonchev–Trinajstić information content (AvgIpc) is 2.19. The molecule has 3 nitrogen and oxygen atoms in total. The predicted molar refractivity (Wildman–Crippen MR) is 65.2 cm³/mol. The van der Waals surface area contributed by atoms with Crippen molar-refractivity contribution in [2.75, 3.05) is 45.4 Å². The van der Waals surface area contributed by atoms with Crippen LogP contribution >= 0.6 is 11.8 Å². The number of methoxy groups -OCH3 is 1. The zero-order valence-electron chi connectivity index (χ0n) is 9.64. The molecule has 0 saturated heterocycles. The molecule has 2 N–H and O–H groups in total. The zero-order valence-corrected chi connectivity index (χ0v) is 10.5. The number of rotatable bonds is 10. The van der Waals surface area contributed by atoms with Crippen molar-refractivity contribution in [1.29, 1.82) is 0 Å². The second-order valence-electron chi connectivity index (χ2n) is 3.40. The van der Waals surface area contributed by atoms with E-state index in [0.717, 1.165) is 26.2 Å². The molecule has 0 rings (SSSR count). The van der Waals surface area contributed by atoms with E-state index in [2.05, 4.69) is 23.8 Å². The topological polar surface area (TPSA) is 33.3 Å². The van der Waals surface area contributed by atoms with Crippen LogP contribution in [-0.2, 0) is 4.74 Å². The molecular formula is C10H24N2OS. The molecule has 1 unspecified atom stereocenters. The normalized spacial score (nSPS) is 13.1. The van der Waals surface area contributed by atoms with Gasteiger partial charge in [-0.2, -0.15) is 11.8 Å². The van der Waals surface area contributed by atoms with Crippen LogP contribution in [0.1, 0.15) is 13.3 Å². The van der Waals surface area contributed by atoms with Gasteiger partial charge >= 0.3 is 0 Å². The molecule has 0 aromatic rings. The fraction of sp³-hybridized carbons (Fsp3) is 1.00. The van der Waals surface area contributed by atoms with Gasteiger partial charge in [0.05, 0.1) is 6.61 Å². The van der Waals surface area contributed by atoms with Crippen LogP contribution in [0.15, 0.2) is 0 Å². The Morgan fingerprint density at radius 1 is 1.36 bits per heavy atom. The standard InChI is InChI=1S/C10H24N2OS/c1-10(9-11-6-7-13-2)12-5-4-8-14-3/h10-12H,4-9H2,1-3H3. The zero-order chi connectivity index (χ0) is 10.6. The summed E-state index contributed by atoms with van der Waals surface area (Å²) in [5.74, 6) is 1.25. The second-order valence-corrected chi connectivity index (χ2v) is 4.38. The van der Waals surface area contributed by atoms with Crippen LogP contribution in [0.3, 0.4) is 0 Å². The fourth-order valence-electron chi connectivity index (χ4n) is 1.13. The van der Waals surface area contributed by atoms with Crippen molar-refractivity contribution in [3.05, 3.63) is 0 Å². The summed E-state index contributed by atoms with van der Waals surface area (Å²) >= 11 is 1.91. The van der Waals surface area contributed by atoms with Gasteiger partial charge < -0.3 is 15.4 Å². The monoisotopic (exact) mass is 220 g/mol. The van der Waals surface area contributed by atoms with Gasteiger partial charge in [-0.1, -0.05) is 0 Å². The first-order valence-electron chi connectivity index (χ1n) is 5.23. The summed E-state index contributed by atoms with van der Waals surface area (Å²) < 4.78 is 4.95. The Hall–Kier alpha value is 0.230. The molecule has 14 heavy (non-hydrogen) atoms. The molecular weight excluding hydrogens is 196 g/mol. The first kappa shape index (κ1) is 14.2. The Labute approximate surface area is 92.4 Å². The Kier molecular flexibility index (Phi) is 11.5. The first-order chi connectivity index (χ1) is 6.81. The third kappa shape index (κ3) is 10.3. The SMILES string of the molecule is COCCNCC(C)NCCCSC. The van der Waals surface area contributed by atoms with E-state index in [0.29, 0.717) is 6.04 Å². The van der Waals surface area contributed by atoms with Gasteiger partial charge in [-0.05, 0) is 31.9 Å². The summed E-state index contributed by atoms with van der Waals surface area (Å²) in [7, 11) is 1.73. The van der Waals surface area contributed by atoms with Gasteiger partial charge in [-0.3, -0.25) is 0 Å². The molecule has 1 atom stereocenters. The second kappa shape index (κ2) is 11.3. The van der Waals surface area contributed by atoms with Gasteiger partial charge in [0.25, 0.3) is 0 Å². The summed E-state index contributed by atoms with van der Waals surface area (Å²) in [4.78, 5) is 0. The minimum Gasteiger partial charge on any atom is -0.383 e. The van der Waals surface area contributed by atoms with E-state index >= 15 is 0 Å². The molecule has 0 aliphatic carbocycles. The number of thioether (sulfide) groups is 1. The summed E-state index contributed by atoms with van der Waals surface area (Å²) in [6, 6.07) is 0.550. The van der Waals surface area contributed by atoms with Crippen molar-refractivity contribution in [2.24, 2.45) is 0 Å². The maximum atomic E-state index is 4.95. The molecule has 0 radical (unpaired) electrons. The lowest BCUT2D eigenvalue weighted by atomic mass is 10.3. The molecule has 0 aromatic carbocycles. The molecule has 0 saturated carbocycles. The Morgan fingerprint density at radius 3 is 2.79 bits per heavy atom. The molecule has 0 fully saturated rings. The molecule has 0 aromatic heterocycles. The van der Waals surface area contributed by atoms with E-state index in [-0.39, 0.29) is 0 Å². The van der Waals surface area contributed by atoms with Gasteiger partial charge in [0.1, 0.15) is 0 Å². The first-order valence-corrected chi connectivity index (χ1v) is 6.62. The molecule has 0 heterocycles. The van der Waals surface area contributed by atoms with Crippen LogP contribution < -0.4 is 10.6 Å². The van der Waals surface area contributed by atoms with Gasteiger partial charge in [-0.25, -0.2) is 0 Å². The summed E-state index contributed by atoms with van der Waals surface area (Å²) in [6.07, 6.45) is 3.40. The Bertz CT molecular complexity index is 102. The van der Waals surface area contributed by atoms with E-state index in [4.69, 9.17) is 4.74 Å². The lowest BCUT2D eigenvalue weighted by Gasteiger charge is -2.14.